The fourth-order valence-electron chi connectivity index (χ4n) is 0. The SMILES string of the molecule is O.O.O.[CH2-]OO.[Ca+2].[Mn].[Mn].[Mn].[Mn]. The standard InChI is InChI=1S/CH3O2.Ca.4Mn.3H2O/c1-3-2;;;;;;;;/h2H,1H2;;;;;;3*1H2/q-1;+2;;;;;;;. The largest absolute Gasteiger partial charge is 2.00 e. The number of hydrogen-bond donors (Lipinski definition) is 1. The van der Waals surface area contributed by atoms with Gasteiger partial charge in [-0.3, -0.25) is 5.26 Å². The van der Waals surface area contributed by atoms with Crippen molar-refractivity contribution in [2.75, 3.05) is 0 Å². The van der Waals surface area contributed by atoms with E-state index in [0.29, 0.717) is 0 Å². The number of hydrogen-bond acceptors (Lipinski definition) is 2. The average molecular weight is 361 g/mol. The normalized spacial score (nSPS) is 1.64. The minimum Gasteiger partial charge on any atom is -0.419 e. The van der Waals surface area contributed by atoms with Gasteiger partial charge in [0.2, 0.25) is 0 Å². The average Bonchev–Trinajstić information content (AvgIpc) is 0.918. The van der Waals surface area contributed by atoms with Crippen molar-refractivity contribution in [2.45, 2.75) is 0 Å². The third kappa shape index (κ3) is 166. The Balaban J connectivity index is -0.000000000714. The van der Waals surface area contributed by atoms with Gasteiger partial charge in [-0.15, -0.1) is 0 Å². The van der Waals surface area contributed by atoms with Crippen molar-refractivity contribution >= 4 is 37.7 Å². The van der Waals surface area contributed by atoms with Crippen LogP contribution in [-0.2, 0) is 73.2 Å². The monoisotopic (exact) mass is 361 g/mol. The Morgan fingerprint density at radius 2 is 0.818 bits per heavy atom. The Kier molecular flexibility index (Phi) is 950. The first-order valence-electron chi connectivity index (χ1n) is 0.471. The van der Waals surface area contributed by atoms with E-state index < -0.39 is 0 Å². The van der Waals surface area contributed by atoms with Crippen LogP contribution in [0, 0.1) is 7.11 Å². The predicted molar refractivity (Wildman–Crippen MR) is 25.7 cm³/mol. The van der Waals surface area contributed by atoms with Crippen molar-refractivity contribution < 1.29 is 94.8 Å². The van der Waals surface area contributed by atoms with Crippen molar-refractivity contribution in [3.8, 4) is 0 Å². The molecule has 0 aliphatic rings. The summed E-state index contributed by atoms with van der Waals surface area (Å²) >= 11 is 0. The van der Waals surface area contributed by atoms with Gasteiger partial charge in [0.25, 0.3) is 0 Å². The van der Waals surface area contributed by atoms with Crippen LogP contribution < -0.4 is 0 Å². The third-order valence-electron chi connectivity index (χ3n) is 0. The molecule has 0 aliphatic carbocycles. The predicted octanol–water partition coefficient (Wildman–Crippen LogP) is -2.60. The van der Waals surface area contributed by atoms with Crippen LogP contribution in [0.4, 0.5) is 0 Å². The van der Waals surface area contributed by atoms with Crippen LogP contribution in [-0.4, -0.2) is 59.4 Å². The topological polar surface area (TPSA) is 124 Å². The second-order valence-corrected chi connectivity index (χ2v) is 0.129. The van der Waals surface area contributed by atoms with Crippen LogP contribution >= 0.6 is 0 Å². The maximum Gasteiger partial charge on any atom is 2.00 e. The van der Waals surface area contributed by atoms with Crippen LogP contribution in [0.15, 0.2) is 0 Å². The van der Waals surface area contributed by atoms with E-state index in [1.807, 2.05) is 0 Å². The fourth-order valence-corrected chi connectivity index (χ4v) is 0. The molecule has 0 aromatic carbocycles. The third-order valence-corrected chi connectivity index (χ3v) is 0. The molecule has 0 bridgehead atoms. The molecule has 10 heteroatoms. The van der Waals surface area contributed by atoms with Crippen LogP contribution in [0.25, 0.3) is 0 Å². The van der Waals surface area contributed by atoms with E-state index in [2.05, 4.69) is 12.0 Å². The molecule has 11 heavy (non-hydrogen) atoms. The zero-order valence-electron chi connectivity index (χ0n) is 5.28. The van der Waals surface area contributed by atoms with Gasteiger partial charge < -0.3 is 21.3 Å². The minimum absolute atomic E-state index is 0. The van der Waals surface area contributed by atoms with Crippen molar-refractivity contribution in [3.63, 3.8) is 0 Å². The van der Waals surface area contributed by atoms with E-state index in [4.69, 9.17) is 5.26 Å². The van der Waals surface area contributed by atoms with E-state index in [1.165, 1.54) is 0 Å². The Labute approximate surface area is 138 Å². The van der Waals surface area contributed by atoms with Crippen molar-refractivity contribution in [2.24, 2.45) is 0 Å². The smallest absolute Gasteiger partial charge is 0.419 e. The molecule has 0 unspecified atom stereocenters. The molecular weight excluding hydrogens is 352 g/mol. The first kappa shape index (κ1) is 92.4. The molecule has 0 heterocycles. The molecule has 0 atom stereocenters. The summed E-state index contributed by atoms with van der Waals surface area (Å²) in [6, 6.07) is 0. The van der Waals surface area contributed by atoms with Crippen molar-refractivity contribution in [3.05, 3.63) is 7.11 Å². The van der Waals surface area contributed by atoms with E-state index in [9.17, 15) is 0 Å². The van der Waals surface area contributed by atoms with Gasteiger partial charge in [0, 0.05) is 68.3 Å². The van der Waals surface area contributed by atoms with Crippen LogP contribution in [0.3, 0.4) is 0 Å². The first-order valence-corrected chi connectivity index (χ1v) is 0.471. The molecule has 0 aromatic heterocycles. The second kappa shape index (κ2) is 113. The van der Waals surface area contributed by atoms with Gasteiger partial charge in [-0.1, -0.05) is 0 Å². The summed E-state index contributed by atoms with van der Waals surface area (Å²) in [5, 5.41) is 6.96. The van der Waals surface area contributed by atoms with Gasteiger partial charge >= 0.3 is 37.7 Å². The molecule has 5 nitrogen and oxygen atoms in total. The van der Waals surface area contributed by atoms with E-state index in [0.717, 1.165) is 0 Å². The van der Waals surface area contributed by atoms with Gasteiger partial charge in [-0.05, 0) is 0 Å². The summed E-state index contributed by atoms with van der Waals surface area (Å²) < 4.78 is 0. The van der Waals surface area contributed by atoms with Gasteiger partial charge in [0.1, 0.15) is 0 Å². The zero-order valence-corrected chi connectivity index (χ0v) is 12.2. The molecule has 0 amide bonds. The molecule has 72 valence electrons. The summed E-state index contributed by atoms with van der Waals surface area (Å²) in [5.74, 6) is 0. The van der Waals surface area contributed by atoms with Crippen LogP contribution in [0.1, 0.15) is 0 Å². The molecule has 0 spiro atoms. The summed E-state index contributed by atoms with van der Waals surface area (Å²) in [6.45, 7) is 0. The maximum absolute atomic E-state index is 6.96. The summed E-state index contributed by atoms with van der Waals surface area (Å²) in [6.07, 6.45) is 0. The van der Waals surface area contributed by atoms with Crippen LogP contribution in [0.2, 0.25) is 0 Å². The van der Waals surface area contributed by atoms with Gasteiger partial charge in [-0.25, -0.2) is 0 Å². The quantitative estimate of drug-likeness (QED) is 0.220. The minimum atomic E-state index is 0. The molecule has 0 saturated heterocycles. The molecule has 0 aromatic rings. The van der Waals surface area contributed by atoms with Crippen molar-refractivity contribution in [1.29, 1.82) is 0 Å². The molecule has 0 aliphatic heterocycles. The van der Waals surface area contributed by atoms with Gasteiger partial charge in [0.15, 0.2) is 0 Å². The second-order valence-electron chi connectivity index (χ2n) is 0.129. The molecule has 0 saturated carbocycles. The summed E-state index contributed by atoms with van der Waals surface area (Å²) in [7, 11) is 2.54. The molecule has 0 rings (SSSR count). The van der Waals surface area contributed by atoms with Gasteiger partial charge in [-0.2, -0.15) is 7.11 Å². The first-order chi connectivity index (χ1) is 1.41. The molecular formula is CH9CaMn4O5+. The molecule has 0 fully saturated rings. The molecule has 4 radical (unpaired) electrons. The van der Waals surface area contributed by atoms with Gasteiger partial charge in [0.05, 0.1) is 0 Å². The Hall–Kier alpha value is 3.14. The van der Waals surface area contributed by atoms with E-state index in [1.54, 1.807) is 0 Å². The Bertz CT molecular complexity index is 18.4. The van der Waals surface area contributed by atoms with E-state index in [-0.39, 0.29) is 122 Å². The maximum atomic E-state index is 6.96. The Morgan fingerprint density at radius 1 is 0.818 bits per heavy atom. The number of rotatable bonds is 0. The van der Waals surface area contributed by atoms with Crippen LogP contribution in [0.5, 0.6) is 0 Å². The Morgan fingerprint density at radius 3 is 0.818 bits per heavy atom. The zero-order chi connectivity index (χ0) is 2.71. The van der Waals surface area contributed by atoms with E-state index >= 15 is 0 Å². The van der Waals surface area contributed by atoms with Crippen molar-refractivity contribution in [1.82, 2.24) is 0 Å². The summed E-state index contributed by atoms with van der Waals surface area (Å²) in [5.41, 5.74) is 0. The fraction of sp³-hybridized carbons (Fsp3) is 0. The molecule has 7 N–H and O–H groups in total. The summed E-state index contributed by atoms with van der Waals surface area (Å²) in [4.78, 5) is 3.00.